The van der Waals surface area contributed by atoms with Crippen molar-refractivity contribution >= 4 is 34.2 Å². The number of carbonyl (C=O) groups excluding carboxylic acids is 1. The summed E-state index contributed by atoms with van der Waals surface area (Å²) in [5.74, 6) is 0.891. The first-order valence-corrected chi connectivity index (χ1v) is 12.5. The molecule has 214 valence electrons. The van der Waals surface area contributed by atoms with Gasteiger partial charge in [-0.05, 0) is 55.5 Å². The standard InChI is InChI=1S/C24H30ClN5O2.C2HFO2.2FH/c1-2-7-30-15-19(21-10-20(25)3-4-22(21)30)12-26-11-17-5-8-29(9-6-17)24-27-13-18(14-28-24)23(32)16-31;3-1-2-5-4;;/h3-4,10,13-15,17,26,31H,2,5-9,11-12,16H2,1H3;4H;2*1H. The molecule has 39 heavy (non-hydrogen) atoms. The Balaban J connectivity index is 0.000000998. The SMILES string of the molecule is CCCn1cc(CNCC2CCN(c3ncc(C(=O)CO)cn3)CC2)c2cc(Cl)ccc21.F.F.OOC#CF. The molecular weight excluding hydrogens is 539 g/mol. The largest absolute Gasteiger partial charge is 0.388 e. The first-order valence-electron chi connectivity index (χ1n) is 12.1. The average Bonchev–Trinajstić information content (AvgIpc) is 3.26. The second-order valence-corrected chi connectivity index (χ2v) is 9.15. The molecule has 2 aromatic heterocycles. The van der Waals surface area contributed by atoms with Crippen molar-refractivity contribution in [1.29, 1.82) is 0 Å². The number of aromatic nitrogens is 3. The molecule has 1 saturated heterocycles. The van der Waals surface area contributed by atoms with E-state index in [-0.39, 0.29) is 15.2 Å². The van der Waals surface area contributed by atoms with Gasteiger partial charge in [0.2, 0.25) is 5.95 Å². The van der Waals surface area contributed by atoms with E-state index in [0.29, 0.717) is 17.4 Å². The van der Waals surface area contributed by atoms with E-state index in [9.17, 15) is 9.18 Å². The van der Waals surface area contributed by atoms with E-state index >= 15 is 0 Å². The van der Waals surface area contributed by atoms with Crippen LogP contribution in [-0.4, -0.2) is 56.9 Å². The second-order valence-electron chi connectivity index (χ2n) is 8.71. The zero-order valence-corrected chi connectivity index (χ0v) is 22.2. The Bertz CT molecular complexity index is 1230. The van der Waals surface area contributed by atoms with E-state index in [1.54, 1.807) is 0 Å². The predicted octanol–water partition coefficient (Wildman–Crippen LogP) is 4.34. The zero-order valence-electron chi connectivity index (χ0n) is 21.5. The Labute approximate surface area is 229 Å². The van der Waals surface area contributed by atoms with Crippen LogP contribution in [0.4, 0.5) is 19.7 Å². The van der Waals surface area contributed by atoms with Gasteiger partial charge in [0.15, 0.2) is 18.1 Å². The lowest BCUT2D eigenvalue weighted by Gasteiger charge is -2.32. The number of nitrogens with one attached hydrogen (secondary N) is 1. The average molecular weight is 572 g/mol. The summed E-state index contributed by atoms with van der Waals surface area (Å²) in [5.41, 5.74) is 2.88. The van der Waals surface area contributed by atoms with Crippen molar-refractivity contribution < 1.29 is 33.8 Å². The molecule has 13 heteroatoms. The van der Waals surface area contributed by atoms with Crippen LogP contribution in [0.2, 0.25) is 5.02 Å². The van der Waals surface area contributed by atoms with Crippen LogP contribution in [0.3, 0.4) is 0 Å². The number of fused-ring (bicyclic) bond motifs is 1. The van der Waals surface area contributed by atoms with Gasteiger partial charge in [-0.15, -0.1) is 4.39 Å². The minimum absolute atomic E-state index is 0. The number of aliphatic hydroxyl groups excluding tert-OH is 1. The molecule has 0 amide bonds. The van der Waals surface area contributed by atoms with Crippen molar-refractivity contribution in [2.45, 2.75) is 39.3 Å². The van der Waals surface area contributed by atoms with Gasteiger partial charge < -0.3 is 19.9 Å². The molecule has 0 aliphatic carbocycles. The van der Waals surface area contributed by atoms with E-state index in [1.165, 1.54) is 35.0 Å². The van der Waals surface area contributed by atoms with Gasteiger partial charge in [0, 0.05) is 60.7 Å². The Hall–Kier alpha value is -3.37. The lowest BCUT2D eigenvalue weighted by Crippen LogP contribution is -2.38. The third-order valence-electron chi connectivity index (χ3n) is 6.22. The summed E-state index contributed by atoms with van der Waals surface area (Å²) in [7, 11) is 0. The number of ketones is 1. The number of Topliss-reactive ketones (excluding diaryl/α,β-unsaturated/α-hetero) is 1. The van der Waals surface area contributed by atoms with Crippen LogP contribution in [0.5, 0.6) is 0 Å². The molecule has 9 nitrogen and oxygen atoms in total. The number of aryl methyl sites for hydroxylation is 1. The van der Waals surface area contributed by atoms with Gasteiger partial charge in [0.1, 0.15) is 6.61 Å². The van der Waals surface area contributed by atoms with Gasteiger partial charge in [0.25, 0.3) is 0 Å². The molecule has 0 bridgehead atoms. The third kappa shape index (κ3) is 9.40. The number of piperidine rings is 1. The van der Waals surface area contributed by atoms with Crippen molar-refractivity contribution in [2.24, 2.45) is 5.92 Å². The number of rotatable bonds is 9. The summed E-state index contributed by atoms with van der Waals surface area (Å²) >= 11 is 6.26. The van der Waals surface area contributed by atoms with Crippen molar-refractivity contribution in [3.63, 3.8) is 0 Å². The Morgan fingerprint density at radius 3 is 2.51 bits per heavy atom. The van der Waals surface area contributed by atoms with Gasteiger partial charge in [0.05, 0.1) is 5.56 Å². The molecular formula is C26H33ClF3N5O4. The van der Waals surface area contributed by atoms with Crippen LogP contribution in [0.25, 0.3) is 10.9 Å². The molecule has 3 heterocycles. The van der Waals surface area contributed by atoms with E-state index in [1.807, 2.05) is 6.07 Å². The summed E-state index contributed by atoms with van der Waals surface area (Å²) in [5, 5.41) is 21.7. The highest BCUT2D eigenvalue weighted by atomic mass is 35.5. The zero-order chi connectivity index (χ0) is 26.6. The molecule has 3 N–H and O–H groups in total. The highest BCUT2D eigenvalue weighted by Crippen LogP contribution is 2.26. The topological polar surface area (TPSA) is 113 Å². The number of aliphatic hydroxyl groups is 1. The summed E-state index contributed by atoms with van der Waals surface area (Å²) in [6, 6.07) is 6.14. The molecule has 1 fully saturated rings. The Morgan fingerprint density at radius 1 is 1.26 bits per heavy atom. The normalized spacial score (nSPS) is 12.8. The molecule has 1 aliphatic rings. The van der Waals surface area contributed by atoms with Gasteiger partial charge in [-0.2, -0.15) is 5.26 Å². The molecule has 1 aromatic carbocycles. The summed E-state index contributed by atoms with van der Waals surface area (Å²) in [4.78, 5) is 25.2. The van der Waals surface area contributed by atoms with Crippen LogP contribution in [-0.2, 0) is 18.0 Å². The van der Waals surface area contributed by atoms with Crippen molar-refractivity contribution in [3.8, 4) is 12.3 Å². The van der Waals surface area contributed by atoms with Gasteiger partial charge in [-0.25, -0.2) is 9.97 Å². The number of hydrogen-bond acceptors (Lipinski definition) is 8. The fraction of sp³-hybridized carbons (Fsp3) is 0.423. The van der Waals surface area contributed by atoms with Crippen molar-refractivity contribution in [2.75, 3.05) is 31.1 Å². The van der Waals surface area contributed by atoms with Crippen molar-refractivity contribution in [1.82, 2.24) is 19.9 Å². The monoisotopic (exact) mass is 571 g/mol. The molecule has 3 aromatic rings. The minimum atomic E-state index is -0.521. The number of carbonyl (C=O) groups is 1. The number of nitrogens with zero attached hydrogens (tertiary/aromatic N) is 4. The maximum Gasteiger partial charge on any atom is 0.225 e. The maximum absolute atomic E-state index is 11.5. The number of halogens is 4. The molecule has 0 spiro atoms. The number of anilines is 1. The lowest BCUT2D eigenvalue weighted by molar-refractivity contribution is -0.172. The van der Waals surface area contributed by atoms with Crippen LogP contribution in [0, 0.1) is 18.2 Å². The second kappa shape index (κ2) is 17.3. The van der Waals surface area contributed by atoms with Gasteiger partial charge in [-0.3, -0.25) is 19.1 Å². The molecule has 1 aliphatic heterocycles. The lowest BCUT2D eigenvalue weighted by atomic mass is 9.97. The fourth-order valence-electron chi connectivity index (χ4n) is 4.39. The molecule has 0 unspecified atom stereocenters. The quantitative estimate of drug-likeness (QED) is 0.150. The van der Waals surface area contributed by atoms with E-state index in [4.69, 9.17) is 22.0 Å². The van der Waals surface area contributed by atoms with Gasteiger partial charge >= 0.3 is 0 Å². The Morgan fingerprint density at radius 2 is 1.95 bits per heavy atom. The van der Waals surface area contributed by atoms with Crippen LogP contribution in [0.1, 0.15) is 42.1 Å². The highest BCUT2D eigenvalue weighted by Gasteiger charge is 2.21. The molecule has 0 atom stereocenters. The van der Waals surface area contributed by atoms with Gasteiger partial charge in [-0.1, -0.05) is 18.5 Å². The van der Waals surface area contributed by atoms with Crippen LogP contribution in [0.15, 0.2) is 36.8 Å². The first-order chi connectivity index (χ1) is 18.0. The summed E-state index contributed by atoms with van der Waals surface area (Å²) < 4.78 is 12.7. The fourth-order valence-corrected chi connectivity index (χ4v) is 4.57. The predicted molar refractivity (Wildman–Crippen MR) is 145 cm³/mol. The van der Waals surface area contributed by atoms with Crippen LogP contribution >= 0.6 is 11.6 Å². The summed E-state index contributed by atoms with van der Waals surface area (Å²) in [6.45, 7) is 6.27. The number of benzene rings is 1. The summed E-state index contributed by atoms with van der Waals surface area (Å²) in [6.07, 6.45) is 10.5. The molecule has 0 saturated carbocycles. The molecule has 0 radical (unpaired) electrons. The van der Waals surface area contributed by atoms with E-state index in [0.717, 1.165) is 63.2 Å². The minimum Gasteiger partial charge on any atom is -0.388 e. The van der Waals surface area contributed by atoms with E-state index < -0.39 is 6.61 Å². The molecule has 4 rings (SSSR count). The van der Waals surface area contributed by atoms with E-state index in [2.05, 4.69) is 54.9 Å². The van der Waals surface area contributed by atoms with Crippen molar-refractivity contribution in [3.05, 3.63) is 52.9 Å². The highest BCUT2D eigenvalue weighted by molar-refractivity contribution is 6.31. The maximum atomic E-state index is 11.5. The number of hydrogen-bond donors (Lipinski definition) is 3. The smallest absolute Gasteiger partial charge is 0.225 e. The third-order valence-corrected chi connectivity index (χ3v) is 6.46. The van der Waals surface area contributed by atoms with Crippen LogP contribution < -0.4 is 10.2 Å². The Kier molecular flexibility index (Phi) is 14.9. The first kappa shape index (κ1) is 33.7.